The van der Waals surface area contributed by atoms with Crippen LogP contribution < -0.4 is 0 Å². The first-order valence-corrected chi connectivity index (χ1v) is 10.9. The Labute approximate surface area is 175 Å². The second kappa shape index (κ2) is 11.7. The molecule has 0 unspecified atom stereocenters. The van der Waals surface area contributed by atoms with E-state index in [1.807, 2.05) is 30.1 Å². The van der Waals surface area contributed by atoms with Crippen LogP contribution in [0.25, 0.3) is 0 Å². The molecule has 1 saturated heterocycles. The third kappa shape index (κ3) is 6.98. The molecule has 0 aliphatic carbocycles. The van der Waals surface area contributed by atoms with Gasteiger partial charge in [0.2, 0.25) is 5.91 Å². The summed E-state index contributed by atoms with van der Waals surface area (Å²) >= 11 is 0. The van der Waals surface area contributed by atoms with Gasteiger partial charge in [-0.2, -0.15) is 0 Å². The fraction of sp³-hybridized carbons (Fsp3) is 0.480. The summed E-state index contributed by atoms with van der Waals surface area (Å²) in [6.07, 6.45) is 5.24. The number of carbonyl (C=O) groups excluding carboxylic acids is 1. The molecule has 4 nitrogen and oxygen atoms in total. The van der Waals surface area contributed by atoms with Crippen molar-refractivity contribution in [2.75, 3.05) is 39.9 Å². The van der Waals surface area contributed by atoms with E-state index in [0.29, 0.717) is 13.2 Å². The Morgan fingerprint density at radius 1 is 0.931 bits per heavy atom. The summed E-state index contributed by atoms with van der Waals surface area (Å²) in [6, 6.07) is 20.9. The van der Waals surface area contributed by atoms with Gasteiger partial charge in [0.05, 0.1) is 19.3 Å². The molecule has 0 N–H and O–H groups in total. The summed E-state index contributed by atoms with van der Waals surface area (Å²) < 4.78 is 5.50. The van der Waals surface area contributed by atoms with E-state index in [4.69, 9.17) is 4.74 Å². The van der Waals surface area contributed by atoms with Crippen LogP contribution in [0.2, 0.25) is 0 Å². The van der Waals surface area contributed by atoms with Gasteiger partial charge in [0.1, 0.15) is 0 Å². The molecule has 29 heavy (non-hydrogen) atoms. The molecule has 0 spiro atoms. The Hall–Kier alpha value is -2.17. The Morgan fingerprint density at radius 3 is 2.21 bits per heavy atom. The highest BCUT2D eigenvalue weighted by Crippen LogP contribution is 2.14. The molecule has 0 saturated carbocycles. The van der Waals surface area contributed by atoms with Gasteiger partial charge in [-0.3, -0.25) is 9.69 Å². The van der Waals surface area contributed by atoms with E-state index < -0.39 is 0 Å². The maximum Gasteiger partial charge on any atom is 0.240 e. The van der Waals surface area contributed by atoms with Crippen LogP contribution in [-0.4, -0.2) is 61.6 Å². The van der Waals surface area contributed by atoms with E-state index in [9.17, 15) is 4.79 Å². The molecule has 0 bridgehead atoms. The van der Waals surface area contributed by atoms with Gasteiger partial charge in [-0.25, -0.2) is 0 Å². The standard InChI is InChI=1S/C25H34N2O2/c1-26(16-10-4-9-13-22-11-5-2-6-12-22)25(28)24(27-17-19-29-20-18-27)21-23-14-7-3-8-15-23/h2-3,5-8,11-12,14-15,24H,4,9-10,13,16-21H2,1H3/t24-/m0/s1. The summed E-state index contributed by atoms with van der Waals surface area (Å²) in [7, 11) is 1.96. The SMILES string of the molecule is CN(CCCCCc1ccccc1)C(=O)[C@H](Cc1ccccc1)N1CCOCC1. The molecule has 2 aromatic carbocycles. The van der Waals surface area contributed by atoms with Crippen molar-refractivity contribution in [1.82, 2.24) is 9.80 Å². The highest BCUT2D eigenvalue weighted by molar-refractivity contribution is 5.82. The van der Waals surface area contributed by atoms with Gasteiger partial charge in [-0.05, 0) is 36.8 Å². The van der Waals surface area contributed by atoms with E-state index in [-0.39, 0.29) is 11.9 Å². The van der Waals surface area contributed by atoms with Crippen molar-refractivity contribution in [2.45, 2.75) is 38.1 Å². The van der Waals surface area contributed by atoms with Gasteiger partial charge in [0, 0.05) is 26.7 Å². The smallest absolute Gasteiger partial charge is 0.240 e. The lowest BCUT2D eigenvalue weighted by atomic mass is 10.0. The summed E-state index contributed by atoms with van der Waals surface area (Å²) in [5, 5.41) is 0. The molecule has 0 radical (unpaired) electrons. The number of morpholine rings is 1. The molecule has 0 aromatic heterocycles. The number of likely N-dealkylation sites (N-methyl/N-ethyl adjacent to an activating group) is 1. The fourth-order valence-electron chi connectivity index (χ4n) is 3.96. The molecule has 1 amide bonds. The third-order valence-corrected chi connectivity index (χ3v) is 5.72. The normalized spacial score (nSPS) is 15.8. The number of hydrogen-bond donors (Lipinski definition) is 0. The maximum atomic E-state index is 13.3. The number of benzene rings is 2. The third-order valence-electron chi connectivity index (χ3n) is 5.72. The number of rotatable bonds is 10. The van der Waals surface area contributed by atoms with E-state index in [1.54, 1.807) is 0 Å². The van der Waals surface area contributed by atoms with Crippen molar-refractivity contribution in [1.29, 1.82) is 0 Å². The number of ether oxygens (including phenoxy) is 1. The number of aryl methyl sites for hydroxylation is 1. The van der Waals surface area contributed by atoms with E-state index in [2.05, 4.69) is 47.4 Å². The molecule has 1 fully saturated rings. The van der Waals surface area contributed by atoms with Crippen molar-refractivity contribution in [3.8, 4) is 0 Å². The molecule has 1 aliphatic rings. The van der Waals surface area contributed by atoms with Crippen LogP contribution >= 0.6 is 0 Å². The minimum absolute atomic E-state index is 0.101. The zero-order valence-electron chi connectivity index (χ0n) is 17.6. The van der Waals surface area contributed by atoms with Crippen LogP contribution in [0.4, 0.5) is 0 Å². The zero-order chi connectivity index (χ0) is 20.3. The lowest BCUT2D eigenvalue weighted by molar-refractivity contribution is -0.137. The van der Waals surface area contributed by atoms with Gasteiger partial charge in [0.25, 0.3) is 0 Å². The van der Waals surface area contributed by atoms with Crippen molar-refractivity contribution in [3.05, 3.63) is 71.8 Å². The van der Waals surface area contributed by atoms with Gasteiger partial charge in [-0.1, -0.05) is 67.1 Å². The first-order chi connectivity index (χ1) is 14.2. The second-order valence-electron chi connectivity index (χ2n) is 7.91. The molecule has 2 aromatic rings. The van der Waals surface area contributed by atoms with Crippen LogP contribution in [0.5, 0.6) is 0 Å². The summed E-state index contributed by atoms with van der Waals surface area (Å²) in [6.45, 7) is 3.90. The van der Waals surface area contributed by atoms with Crippen molar-refractivity contribution in [2.24, 2.45) is 0 Å². The fourth-order valence-corrected chi connectivity index (χ4v) is 3.96. The van der Waals surface area contributed by atoms with Crippen LogP contribution in [0.1, 0.15) is 30.4 Å². The zero-order valence-corrected chi connectivity index (χ0v) is 17.6. The lowest BCUT2D eigenvalue weighted by Crippen LogP contribution is -2.52. The topological polar surface area (TPSA) is 32.8 Å². The first-order valence-electron chi connectivity index (χ1n) is 10.9. The van der Waals surface area contributed by atoms with E-state index in [0.717, 1.165) is 45.3 Å². The Morgan fingerprint density at radius 2 is 1.55 bits per heavy atom. The molecule has 4 heteroatoms. The average molecular weight is 395 g/mol. The minimum Gasteiger partial charge on any atom is -0.379 e. The molecular weight excluding hydrogens is 360 g/mol. The van der Waals surface area contributed by atoms with Crippen LogP contribution in [0.15, 0.2) is 60.7 Å². The average Bonchev–Trinajstić information content (AvgIpc) is 2.78. The molecule has 156 valence electrons. The minimum atomic E-state index is -0.101. The van der Waals surface area contributed by atoms with Crippen molar-refractivity contribution < 1.29 is 9.53 Å². The summed E-state index contributed by atoms with van der Waals surface area (Å²) in [5.74, 6) is 0.235. The van der Waals surface area contributed by atoms with E-state index in [1.165, 1.54) is 17.5 Å². The van der Waals surface area contributed by atoms with Crippen LogP contribution in [0, 0.1) is 0 Å². The van der Waals surface area contributed by atoms with E-state index >= 15 is 0 Å². The predicted octanol–water partition coefficient (Wildman–Crippen LogP) is 3.80. The largest absolute Gasteiger partial charge is 0.379 e. The maximum absolute atomic E-state index is 13.3. The van der Waals surface area contributed by atoms with Gasteiger partial charge in [0.15, 0.2) is 0 Å². The number of carbonyl (C=O) groups is 1. The van der Waals surface area contributed by atoms with Gasteiger partial charge >= 0.3 is 0 Å². The molecular formula is C25H34N2O2. The Bertz CT molecular complexity index is 714. The number of unbranched alkanes of at least 4 members (excludes halogenated alkanes) is 2. The van der Waals surface area contributed by atoms with Crippen LogP contribution in [-0.2, 0) is 22.4 Å². The quantitative estimate of drug-likeness (QED) is 0.575. The Balaban J connectivity index is 1.49. The predicted molar refractivity (Wildman–Crippen MR) is 118 cm³/mol. The van der Waals surface area contributed by atoms with Crippen LogP contribution in [0.3, 0.4) is 0 Å². The molecule has 1 atom stereocenters. The Kier molecular flexibility index (Phi) is 8.72. The summed E-state index contributed by atoms with van der Waals surface area (Å²) in [4.78, 5) is 17.5. The number of nitrogens with zero attached hydrogens (tertiary/aromatic N) is 2. The lowest BCUT2D eigenvalue weighted by Gasteiger charge is -2.35. The highest BCUT2D eigenvalue weighted by Gasteiger charge is 2.29. The molecule has 1 aliphatic heterocycles. The monoisotopic (exact) mass is 394 g/mol. The van der Waals surface area contributed by atoms with Gasteiger partial charge < -0.3 is 9.64 Å². The highest BCUT2D eigenvalue weighted by atomic mass is 16.5. The molecule has 3 rings (SSSR count). The van der Waals surface area contributed by atoms with Crippen molar-refractivity contribution >= 4 is 5.91 Å². The number of hydrogen-bond acceptors (Lipinski definition) is 3. The van der Waals surface area contributed by atoms with Crippen molar-refractivity contribution in [3.63, 3.8) is 0 Å². The molecule has 1 heterocycles. The first kappa shape index (κ1) is 21.5. The second-order valence-corrected chi connectivity index (χ2v) is 7.91. The van der Waals surface area contributed by atoms with Gasteiger partial charge in [-0.15, -0.1) is 0 Å². The summed E-state index contributed by atoms with van der Waals surface area (Å²) in [5.41, 5.74) is 2.61. The number of amides is 1.